The summed E-state index contributed by atoms with van der Waals surface area (Å²) in [6, 6.07) is 6.78. The molecule has 0 saturated carbocycles. The molecule has 3 rings (SSSR count). The van der Waals surface area contributed by atoms with Crippen LogP contribution in [0.5, 0.6) is 0 Å². The Bertz CT molecular complexity index is 854. The van der Waals surface area contributed by atoms with Gasteiger partial charge in [-0.3, -0.25) is 14.5 Å². The quantitative estimate of drug-likeness (QED) is 0.570. The number of aliphatic carboxylic acids is 1. The van der Waals surface area contributed by atoms with Crippen LogP contribution < -0.4 is 10.0 Å². The highest BCUT2D eigenvalue weighted by atomic mass is 32.2. The molecule has 0 N–H and O–H groups in total. The minimum atomic E-state index is -1.37. The third-order valence-corrected chi connectivity index (χ3v) is 5.25. The molecule has 0 spiro atoms. The second-order valence-electron chi connectivity index (χ2n) is 6.66. The summed E-state index contributed by atoms with van der Waals surface area (Å²) in [4.78, 5) is 39.6. The molecule has 2 aliphatic rings. The molecular weight excluding hydrogens is 360 g/mol. The number of amides is 2. The molecule has 0 radical (unpaired) electrons. The number of rotatable bonds is 2. The Hall–Kier alpha value is -2.19. The number of hydrogen-bond acceptors (Lipinski definition) is 6. The summed E-state index contributed by atoms with van der Waals surface area (Å²) in [5, 5.41) is 11.0. The third kappa shape index (κ3) is 2.85. The van der Waals surface area contributed by atoms with Gasteiger partial charge in [0.2, 0.25) is 0 Å². The fourth-order valence-electron chi connectivity index (χ4n) is 2.88. The maximum Gasteiger partial charge on any atom is 0.267 e. The Labute approximate surface area is 154 Å². The second kappa shape index (κ2) is 5.96. The Morgan fingerprint density at radius 3 is 2.40 bits per heavy atom. The summed E-state index contributed by atoms with van der Waals surface area (Å²) in [5.41, 5.74) is 0.659. The molecule has 25 heavy (non-hydrogen) atoms. The van der Waals surface area contributed by atoms with Gasteiger partial charge in [0.05, 0.1) is 28.7 Å². The molecule has 0 unspecified atom stereocenters. The highest BCUT2D eigenvalue weighted by Crippen LogP contribution is 2.45. The van der Waals surface area contributed by atoms with E-state index in [2.05, 4.69) is 0 Å². The Morgan fingerprint density at radius 1 is 1.20 bits per heavy atom. The first-order valence-electron chi connectivity index (χ1n) is 7.54. The van der Waals surface area contributed by atoms with Gasteiger partial charge in [0.15, 0.2) is 0 Å². The average molecular weight is 375 g/mol. The van der Waals surface area contributed by atoms with Crippen molar-refractivity contribution in [1.29, 1.82) is 0 Å². The number of thiocarbonyl (C=S) groups is 1. The van der Waals surface area contributed by atoms with Crippen LogP contribution in [-0.2, 0) is 14.4 Å². The zero-order chi connectivity index (χ0) is 18.5. The zero-order valence-corrected chi connectivity index (χ0v) is 15.5. The maximum absolute atomic E-state index is 12.9. The number of carbonyl (C=O) groups is 3. The topological polar surface area (TPSA) is 80.8 Å². The predicted octanol–water partition coefficient (Wildman–Crippen LogP) is 1.15. The fraction of sp³-hybridized carbons (Fsp3) is 0.294. The summed E-state index contributed by atoms with van der Waals surface area (Å²) >= 11 is 6.39. The second-order valence-corrected chi connectivity index (χ2v) is 8.31. The molecule has 2 amide bonds. The fourth-order valence-corrected chi connectivity index (χ4v) is 4.59. The first-order chi connectivity index (χ1) is 11.6. The molecule has 6 nitrogen and oxygen atoms in total. The van der Waals surface area contributed by atoms with E-state index in [-0.39, 0.29) is 16.4 Å². The third-order valence-electron chi connectivity index (χ3n) is 3.88. The normalized spacial score (nSPS) is 20.5. The van der Waals surface area contributed by atoms with Crippen LogP contribution in [-0.4, -0.2) is 39.1 Å². The minimum absolute atomic E-state index is 0.195. The van der Waals surface area contributed by atoms with E-state index in [1.165, 1.54) is 4.90 Å². The van der Waals surface area contributed by atoms with Crippen molar-refractivity contribution in [2.45, 2.75) is 26.3 Å². The number of benzene rings is 1. The summed E-state index contributed by atoms with van der Waals surface area (Å²) in [6.45, 7) is 5.01. The molecule has 1 fully saturated rings. The number of carboxylic acids is 1. The van der Waals surface area contributed by atoms with Crippen LogP contribution in [0.15, 0.2) is 29.2 Å². The van der Waals surface area contributed by atoms with Gasteiger partial charge in [0.1, 0.15) is 4.32 Å². The maximum atomic E-state index is 12.9. The molecule has 1 saturated heterocycles. The van der Waals surface area contributed by atoms with Crippen molar-refractivity contribution in [3.8, 4) is 0 Å². The molecule has 2 aliphatic heterocycles. The first-order valence-corrected chi connectivity index (χ1v) is 8.77. The summed E-state index contributed by atoms with van der Waals surface area (Å²) in [7, 11) is 0. The van der Waals surface area contributed by atoms with E-state index in [1.807, 2.05) is 20.8 Å². The molecule has 2 heterocycles. The van der Waals surface area contributed by atoms with Crippen LogP contribution in [0.2, 0.25) is 0 Å². The number of carboxylic acid groups (broad SMARTS) is 1. The van der Waals surface area contributed by atoms with E-state index in [0.29, 0.717) is 15.6 Å². The largest absolute Gasteiger partial charge is 0.548 e. The SMILES string of the molecule is CC(C)(C)N1C(=O)/C(=C2/C(=O)N(CC(=O)[O-])c3ccccc32)SC1=S. The van der Waals surface area contributed by atoms with E-state index in [1.54, 1.807) is 24.3 Å². The van der Waals surface area contributed by atoms with Crippen molar-refractivity contribution in [2.24, 2.45) is 0 Å². The molecule has 8 heteroatoms. The lowest BCUT2D eigenvalue weighted by Gasteiger charge is -2.30. The molecule has 1 aromatic rings. The number of anilines is 1. The van der Waals surface area contributed by atoms with E-state index < -0.39 is 24.0 Å². The van der Waals surface area contributed by atoms with Crippen molar-refractivity contribution >= 4 is 57.3 Å². The van der Waals surface area contributed by atoms with Crippen molar-refractivity contribution in [3.05, 3.63) is 34.7 Å². The van der Waals surface area contributed by atoms with E-state index in [4.69, 9.17) is 12.2 Å². The van der Waals surface area contributed by atoms with E-state index in [0.717, 1.165) is 16.7 Å². The van der Waals surface area contributed by atoms with Gasteiger partial charge in [-0.15, -0.1) is 0 Å². The Morgan fingerprint density at radius 2 is 1.84 bits per heavy atom. The number of thioether (sulfide) groups is 1. The Kier molecular flexibility index (Phi) is 4.20. The van der Waals surface area contributed by atoms with Gasteiger partial charge in [-0.25, -0.2) is 0 Å². The smallest absolute Gasteiger partial charge is 0.267 e. The van der Waals surface area contributed by atoms with Gasteiger partial charge in [0, 0.05) is 11.1 Å². The number of fused-ring (bicyclic) bond motifs is 1. The summed E-state index contributed by atoms with van der Waals surface area (Å²) < 4.78 is 0.378. The Balaban J connectivity index is 2.16. The van der Waals surface area contributed by atoms with Crippen molar-refractivity contribution in [1.82, 2.24) is 4.90 Å². The number of hydrogen-bond donors (Lipinski definition) is 0. The molecule has 0 atom stereocenters. The molecule has 0 aliphatic carbocycles. The van der Waals surface area contributed by atoms with Crippen molar-refractivity contribution in [2.75, 3.05) is 11.4 Å². The van der Waals surface area contributed by atoms with Gasteiger partial charge >= 0.3 is 0 Å². The van der Waals surface area contributed by atoms with Gasteiger partial charge in [-0.05, 0) is 26.8 Å². The lowest BCUT2D eigenvalue weighted by molar-refractivity contribution is -0.303. The van der Waals surface area contributed by atoms with Crippen LogP contribution in [0.1, 0.15) is 26.3 Å². The number of para-hydroxylation sites is 1. The summed E-state index contributed by atoms with van der Waals surface area (Å²) in [5.74, 6) is -2.23. The lowest BCUT2D eigenvalue weighted by atomic mass is 10.0. The van der Waals surface area contributed by atoms with E-state index >= 15 is 0 Å². The van der Waals surface area contributed by atoms with Gasteiger partial charge in [0.25, 0.3) is 11.8 Å². The molecule has 130 valence electrons. The summed E-state index contributed by atoms with van der Waals surface area (Å²) in [6.07, 6.45) is 0. The molecular formula is C17H15N2O4S2-. The minimum Gasteiger partial charge on any atom is -0.548 e. The van der Waals surface area contributed by atoms with Gasteiger partial charge < -0.3 is 14.8 Å². The molecule has 1 aromatic carbocycles. The zero-order valence-electron chi connectivity index (χ0n) is 13.9. The van der Waals surface area contributed by atoms with Crippen LogP contribution >= 0.6 is 24.0 Å². The standard InChI is InChI=1S/C17H16N2O4S2/c1-17(2,3)19-15(23)13(25-16(19)24)12-9-6-4-5-7-10(9)18(14(12)22)8-11(20)21/h4-7H,8H2,1-3H3,(H,20,21)/p-1/b13-12-. The predicted molar refractivity (Wildman–Crippen MR) is 97.5 cm³/mol. The highest BCUT2D eigenvalue weighted by Gasteiger charge is 2.44. The van der Waals surface area contributed by atoms with Gasteiger partial charge in [-0.1, -0.05) is 42.2 Å². The van der Waals surface area contributed by atoms with Gasteiger partial charge in [-0.2, -0.15) is 0 Å². The van der Waals surface area contributed by atoms with Crippen LogP contribution in [0.3, 0.4) is 0 Å². The monoisotopic (exact) mass is 375 g/mol. The number of carbonyl (C=O) groups excluding carboxylic acids is 3. The van der Waals surface area contributed by atoms with Crippen LogP contribution in [0.25, 0.3) is 5.57 Å². The van der Waals surface area contributed by atoms with Crippen molar-refractivity contribution < 1.29 is 19.5 Å². The average Bonchev–Trinajstić information content (AvgIpc) is 2.93. The first kappa shape index (κ1) is 17.6. The lowest BCUT2D eigenvalue weighted by Crippen LogP contribution is -2.44. The number of nitrogens with zero attached hydrogens (tertiary/aromatic N) is 2. The highest BCUT2D eigenvalue weighted by molar-refractivity contribution is 8.26. The van der Waals surface area contributed by atoms with Crippen LogP contribution in [0.4, 0.5) is 5.69 Å². The molecule has 0 aromatic heterocycles. The van der Waals surface area contributed by atoms with Crippen LogP contribution in [0, 0.1) is 0 Å². The van der Waals surface area contributed by atoms with E-state index in [9.17, 15) is 19.5 Å². The molecule has 0 bridgehead atoms. The van der Waals surface area contributed by atoms with Crippen molar-refractivity contribution in [3.63, 3.8) is 0 Å².